The first kappa shape index (κ1) is 18.0. The Bertz CT molecular complexity index is 693. The standard InChI is InChI=1S/C17H28N4O4S/c1-19-11-15-14(16(19)22)5-3-9-21(15)17(23)18-12-4-2-8-20(10-12)26(24,25)13-6-7-13/h12-15H,2-11H2,1H3,(H,18,23)/t12-,14-,15-/m1/s1. The van der Waals surface area contributed by atoms with E-state index in [0.717, 1.165) is 38.5 Å². The second-order valence-electron chi connectivity index (χ2n) is 8.12. The van der Waals surface area contributed by atoms with Gasteiger partial charge in [-0.25, -0.2) is 13.2 Å². The van der Waals surface area contributed by atoms with Crippen molar-refractivity contribution in [1.29, 1.82) is 0 Å². The first-order chi connectivity index (χ1) is 12.4. The summed E-state index contributed by atoms with van der Waals surface area (Å²) in [6, 6.07) is -0.366. The number of carbonyl (C=O) groups is 2. The molecule has 0 bridgehead atoms. The topological polar surface area (TPSA) is 90.0 Å². The molecule has 3 atom stereocenters. The van der Waals surface area contributed by atoms with Crippen LogP contribution in [0.1, 0.15) is 38.5 Å². The third-order valence-corrected chi connectivity index (χ3v) is 8.58. The molecule has 26 heavy (non-hydrogen) atoms. The van der Waals surface area contributed by atoms with Crippen molar-refractivity contribution in [3.05, 3.63) is 0 Å². The van der Waals surface area contributed by atoms with E-state index in [1.54, 1.807) is 21.2 Å². The van der Waals surface area contributed by atoms with Crippen molar-refractivity contribution in [3.8, 4) is 0 Å². The first-order valence-electron chi connectivity index (χ1n) is 9.69. The fraction of sp³-hybridized carbons (Fsp3) is 0.882. The molecule has 1 N–H and O–H groups in total. The Kier molecular flexibility index (Phi) is 4.63. The second-order valence-corrected chi connectivity index (χ2v) is 10.3. The molecule has 0 aromatic rings. The lowest BCUT2D eigenvalue weighted by Gasteiger charge is -2.38. The monoisotopic (exact) mass is 384 g/mol. The van der Waals surface area contributed by atoms with Crippen LogP contribution in [0.3, 0.4) is 0 Å². The highest BCUT2D eigenvalue weighted by molar-refractivity contribution is 7.90. The van der Waals surface area contributed by atoms with Gasteiger partial charge in [-0.05, 0) is 38.5 Å². The number of amides is 3. The van der Waals surface area contributed by atoms with Crippen LogP contribution in [-0.4, -0.2) is 85.0 Å². The summed E-state index contributed by atoms with van der Waals surface area (Å²) < 4.78 is 26.5. The van der Waals surface area contributed by atoms with Crippen LogP contribution in [0.15, 0.2) is 0 Å². The summed E-state index contributed by atoms with van der Waals surface area (Å²) in [5.41, 5.74) is 0. The molecule has 3 amide bonds. The van der Waals surface area contributed by atoms with Crippen molar-refractivity contribution in [2.45, 2.75) is 55.9 Å². The van der Waals surface area contributed by atoms with Gasteiger partial charge in [0.25, 0.3) is 0 Å². The molecule has 8 nitrogen and oxygen atoms in total. The Morgan fingerprint density at radius 1 is 1.08 bits per heavy atom. The number of piperidine rings is 2. The summed E-state index contributed by atoms with van der Waals surface area (Å²) in [4.78, 5) is 28.6. The first-order valence-corrected chi connectivity index (χ1v) is 11.2. The summed E-state index contributed by atoms with van der Waals surface area (Å²) in [6.45, 7) is 2.17. The lowest BCUT2D eigenvalue weighted by atomic mass is 9.92. The fourth-order valence-corrected chi connectivity index (χ4v) is 6.53. The van der Waals surface area contributed by atoms with Crippen molar-refractivity contribution in [3.63, 3.8) is 0 Å². The molecule has 4 rings (SSSR count). The Morgan fingerprint density at radius 2 is 1.81 bits per heavy atom. The molecule has 0 radical (unpaired) electrons. The summed E-state index contributed by atoms with van der Waals surface area (Å²) in [6.07, 6.45) is 4.76. The zero-order chi connectivity index (χ0) is 18.5. The van der Waals surface area contributed by atoms with Crippen molar-refractivity contribution in [1.82, 2.24) is 19.4 Å². The number of nitrogens with zero attached hydrogens (tertiary/aromatic N) is 3. The van der Waals surface area contributed by atoms with E-state index in [0.29, 0.717) is 26.2 Å². The third-order valence-electron chi connectivity index (χ3n) is 6.21. The van der Waals surface area contributed by atoms with Crippen LogP contribution in [0, 0.1) is 5.92 Å². The van der Waals surface area contributed by atoms with Crippen molar-refractivity contribution < 1.29 is 18.0 Å². The Labute approximate surface area is 154 Å². The zero-order valence-electron chi connectivity index (χ0n) is 15.3. The number of nitrogens with one attached hydrogen (secondary N) is 1. The SMILES string of the molecule is CN1C[C@@H]2[C@@H](CCCN2C(=O)N[C@@H]2CCCN(S(=O)(=O)C3CC3)C2)C1=O. The Morgan fingerprint density at radius 3 is 2.54 bits per heavy atom. The maximum absolute atomic E-state index is 12.8. The molecule has 0 aromatic carbocycles. The predicted octanol–water partition coefficient (Wildman–Crippen LogP) is 0.205. The lowest BCUT2D eigenvalue weighted by Crippen LogP contribution is -2.57. The largest absolute Gasteiger partial charge is 0.343 e. The van der Waals surface area contributed by atoms with Crippen LogP contribution >= 0.6 is 0 Å². The molecule has 0 unspecified atom stereocenters. The summed E-state index contributed by atoms with van der Waals surface area (Å²) in [5.74, 6) is 0.0458. The van der Waals surface area contributed by atoms with Crippen LogP contribution in [0.2, 0.25) is 0 Å². The van der Waals surface area contributed by atoms with Crippen molar-refractivity contribution in [2.75, 3.05) is 33.2 Å². The predicted molar refractivity (Wildman–Crippen MR) is 95.9 cm³/mol. The van der Waals surface area contributed by atoms with E-state index in [1.807, 2.05) is 0 Å². The third kappa shape index (κ3) is 3.19. The van der Waals surface area contributed by atoms with Gasteiger partial charge in [0.1, 0.15) is 0 Å². The molecule has 9 heteroatoms. The number of likely N-dealkylation sites (tertiary alicyclic amines) is 2. The highest BCUT2D eigenvalue weighted by atomic mass is 32.2. The minimum absolute atomic E-state index is 0.0591. The smallest absolute Gasteiger partial charge is 0.317 e. The summed E-state index contributed by atoms with van der Waals surface area (Å²) in [5, 5.41) is 2.83. The molecule has 1 aliphatic carbocycles. The maximum Gasteiger partial charge on any atom is 0.317 e. The quantitative estimate of drug-likeness (QED) is 0.753. The number of sulfonamides is 1. The van der Waals surface area contributed by atoms with Gasteiger partial charge in [0.15, 0.2) is 0 Å². The number of fused-ring (bicyclic) bond motifs is 1. The van der Waals surface area contributed by atoms with Crippen LogP contribution in [0.4, 0.5) is 4.79 Å². The number of likely N-dealkylation sites (N-methyl/N-ethyl adjacent to an activating group) is 1. The molecule has 4 fully saturated rings. The van der Waals surface area contributed by atoms with E-state index in [2.05, 4.69) is 5.32 Å². The molecule has 146 valence electrons. The van der Waals surface area contributed by atoms with Crippen LogP contribution in [-0.2, 0) is 14.8 Å². The Hall–Kier alpha value is -1.35. The number of hydrogen-bond acceptors (Lipinski definition) is 4. The van der Waals surface area contributed by atoms with E-state index in [4.69, 9.17) is 0 Å². The Balaban J connectivity index is 1.39. The van der Waals surface area contributed by atoms with Crippen molar-refractivity contribution >= 4 is 22.0 Å². The molecule has 3 aliphatic heterocycles. The van der Waals surface area contributed by atoms with E-state index in [9.17, 15) is 18.0 Å². The second kappa shape index (κ2) is 6.67. The fourth-order valence-electron chi connectivity index (χ4n) is 4.60. The number of rotatable bonds is 3. The van der Waals surface area contributed by atoms with Crippen LogP contribution < -0.4 is 5.32 Å². The zero-order valence-corrected chi connectivity index (χ0v) is 16.1. The molecule has 1 saturated carbocycles. The van der Waals surface area contributed by atoms with E-state index in [-0.39, 0.29) is 35.2 Å². The van der Waals surface area contributed by atoms with Gasteiger partial charge < -0.3 is 15.1 Å². The van der Waals surface area contributed by atoms with E-state index in [1.165, 1.54) is 0 Å². The average molecular weight is 385 g/mol. The summed E-state index contributed by atoms with van der Waals surface area (Å²) in [7, 11) is -1.40. The van der Waals surface area contributed by atoms with Crippen molar-refractivity contribution in [2.24, 2.45) is 5.92 Å². The van der Waals surface area contributed by atoms with Gasteiger partial charge >= 0.3 is 6.03 Å². The molecule has 0 spiro atoms. The molecule has 3 heterocycles. The van der Waals surface area contributed by atoms with Crippen LogP contribution in [0.5, 0.6) is 0 Å². The highest BCUT2D eigenvalue weighted by Crippen LogP contribution is 2.33. The van der Waals surface area contributed by atoms with Gasteiger partial charge in [0.05, 0.1) is 17.2 Å². The van der Waals surface area contributed by atoms with Gasteiger partial charge in [-0.2, -0.15) is 4.31 Å². The van der Waals surface area contributed by atoms with Crippen LogP contribution in [0.25, 0.3) is 0 Å². The minimum atomic E-state index is -3.19. The van der Waals surface area contributed by atoms with E-state index < -0.39 is 10.0 Å². The molecular formula is C17H28N4O4S. The van der Waals surface area contributed by atoms with Gasteiger partial charge in [-0.3, -0.25) is 4.79 Å². The lowest BCUT2D eigenvalue weighted by molar-refractivity contribution is -0.130. The summed E-state index contributed by atoms with van der Waals surface area (Å²) >= 11 is 0. The maximum atomic E-state index is 12.8. The molecule has 0 aromatic heterocycles. The van der Waals surface area contributed by atoms with Gasteiger partial charge in [-0.15, -0.1) is 0 Å². The normalized spacial score (nSPS) is 33.3. The number of carbonyl (C=O) groups excluding carboxylic acids is 2. The minimum Gasteiger partial charge on any atom is -0.343 e. The average Bonchev–Trinajstić information content (AvgIpc) is 3.43. The highest BCUT2D eigenvalue weighted by Gasteiger charge is 2.46. The van der Waals surface area contributed by atoms with Gasteiger partial charge in [0, 0.05) is 39.3 Å². The number of hydrogen-bond donors (Lipinski definition) is 1. The van der Waals surface area contributed by atoms with Gasteiger partial charge in [0.2, 0.25) is 15.9 Å². The molecular weight excluding hydrogens is 356 g/mol. The van der Waals surface area contributed by atoms with Gasteiger partial charge in [-0.1, -0.05) is 0 Å². The van der Waals surface area contributed by atoms with E-state index >= 15 is 0 Å². The molecule has 3 saturated heterocycles. The number of urea groups is 1. The molecule has 4 aliphatic rings.